The molecule has 2 unspecified atom stereocenters. The van der Waals surface area contributed by atoms with Gasteiger partial charge in [0.25, 0.3) is 5.91 Å². The Balaban J connectivity index is 0.000000587. The molecule has 0 bridgehead atoms. The molecule has 2 N–H and O–H groups in total. The summed E-state index contributed by atoms with van der Waals surface area (Å²) >= 11 is 0. The highest BCUT2D eigenvalue weighted by atomic mass is 16.5. The van der Waals surface area contributed by atoms with E-state index in [9.17, 15) is 9.59 Å². The van der Waals surface area contributed by atoms with Crippen molar-refractivity contribution in [3.8, 4) is 5.75 Å². The first-order chi connectivity index (χ1) is 19.8. The average molecular weight is 559 g/mol. The summed E-state index contributed by atoms with van der Waals surface area (Å²) in [7, 11) is 0. The van der Waals surface area contributed by atoms with Crippen LogP contribution < -0.4 is 15.4 Å². The van der Waals surface area contributed by atoms with Crippen molar-refractivity contribution in [1.29, 1.82) is 0 Å². The predicted molar refractivity (Wildman–Crippen MR) is 164 cm³/mol. The van der Waals surface area contributed by atoms with Crippen LogP contribution in [-0.2, 0) is 16.1 Å². The van der Waals surface area contributed by atoms with Crippen LogP contribution in [0.15, 0.2) is 78.2 Å². The number of nitrogens with one attached hydrogen (secondary N) is 2. The van der Waals surface area contributed by atoms with Gasteiger partial charge in [0.1, 0.15) is 23.9 Å². The van der Waals surface area contributed by atoms with Gasteiger partial charge in [-0.25, -0.2) is 0 Å². The summed E-state index contributed by atoms with van der Waals surface area (Å²) in [4.78, 5) is 22.8. The number of fused-ring (bicyclic) bond motifs is 1. The van der Waals surface area contributed by atoms with E-state index in [0.717, 1.165) is 53.4 Å². The van der Waals surface area contributed by atoms with E-state index in [1.54, 1.807) is 0 Å². The summed E-state index contributed by atoms with van der Waals surface area (Å²) in [6, 6.07) is 18.1. The van der Waals surface area contributed by atoms with Crippen LogP contribution in [0.25, 0.3) is 5.57 Å². The minimum Gasteiger partial charge on any atom is -0.494 e. The average Bonchev–Trinajstić information content (AvgIpc) is 3.40. The Kier molecular flexibility index (Phi) is 11.8. The Bertz CT molecular complexity index is 1330. The van der Waals surface area contributed by atoms with Crippen molar-refractivity contribution in [2.45, 2.75) is 59.5 Å². The van der Waals surface area contributed by atoms with Gasteiger partial charge in [0, 0.05) is 29.7 Å². The maximum atomic E-state index is 12.8. The molecule has 0 spiro atoms. The van der Waals surface area contributed by atoms with Crippen LogP contribution in [0.4, 0.5) is 5.69 Å². The molecule has 2 heterocycles. The fraction of sp³-hybridized carbons (Fsp3) is 0.353. The van der Waals surface area contributed by atoms with Gasteiger partial charge in [-0.1, -0.05) is 51.1 Å². The fourth-order valence-electron chi connectivity index (χ4n) is 4.79. The van der Waals surface area contributed by atoms with E-state index < -0.39 is 0 Å². The van der Waals surface area contributed by atoms with Crippen molar-refractivity contribution in [3.05, 3.63) is 102 Å². The van der Waals surface area contributed by atoms with Crippen LogP contribution >= 0.6 is 0 Å². The van der Waals surface area contributed by atoms with Crippen LogP contribution in [0.2, 0.25) is 0 Å². The number of amides is 1. The molecule has 0 aliphatic carbocycles. The number of ether oxygens (including phenoxy) is 2. The minimum absolute atomic E-state index is 0.122. The highest BCUT2D eigenvalue weighted by Crippen LogP contribution is 2.46. The van der Waals surface area contributed by atoms with Crippen LogP contribution in [0.5, 0.6) is 5.75 Å². The second-order valence-corrected chi connectivity index (χ2v) is 9.94. The Morgan fingerprint density at radius 3 is 2.44 bits per heavy atom. The van der Waals surface area contributed by atoms with Gasteiger partial charge >= 0.3 is 5.97 Å². The van der Waals surface area contributed by atoms with E-state index in [1.807, 2.05) is 56.3 Å². The summed E-state index contributed by atoms with van der Waals surface area (Å²) in [5.74, 6) is 2.32. The Morgan fingerprint density at radius 1 is 1.10 bits per heavy atom. The highest BCUT2D eigenvalue weighted by molar-refractivity contribution is 5.96. The normalized spacial score (nSPS) is 15.5. The highest BCUT2D eigenvalue weighted by Gasteiger charge is 2.32. The van der Waals surface area contributed by atoms with Gasteiger partial charge in [0.2, 0.25) is 0 Å². The van der Waals surface area contributed by atoms with Crippen molar-refractivity contribution in [3.63, 3.8) is 0 Å². The number of hydrogen-bond acceptors (Lipinski definition) is 6. The van der Waals surface area contributed by atoms with Gasteiger partial charge in [-0.15, -0.1) is 0 Å². The van der Waals surface area contributed by atoms with Gasteiger partial charge < -0.3 is 24.5 Å². The molecule has 3 aromatic rings. The first-order valence-electron chi connectivity index (χ1n) is 14.2. The van der Waals surface area contributed by atoms with E-state index in [2.05, 4.69) is 47.6 Å². The molecule has 218 valence electrons. The molecule has 2 aromatic carbocycles. The number of rotatable bonds is 11. The van der Waals surface area contributed by atoms with E-state index in [0.29, 0.717) is 25.3 Å². The quantitative estimate of drug-likeness (QED) is 0.186. The first-order valence-corrected chi connectivity index (χ1v) is 14.2. The first kappa shape index (κ1) is 31.3. The lowest BCUT2D eigenvalue weighted by atomic mass is 9.77. The molecule has 0 saturated heterocycles. The van der Waals surface area contributed by atoms with Crippen molar-refractivity contribution < 1.29 is 23.5 Å². The van der Waals surface area contributed by atoms with Gasteiger partial charge in [-0.3, -0.25) is 9.59 Å². The lowest BCUT2D eigenvalue weighted by Crippen LogP contribution is -2.28. The number of hydrogen-bond donors (Lipinski definition) is 2. The molecule has 1 amide bonds. The van der Waals surface area contributed by atoms with Crippen molar-refractivity contribution in [2.24, 2.45) is 5.92 Å². The molecule has 1 aliphatic rings. The maximum absolute atomic E-state index is 12.8. The molecule has 0 saturated carbocycles. The van der Waals surface area contributed by atoms with Crippen LogP contribution in [0.1, 0.15) is 79.1 Å². The third-order valence-corrected chi connectivity index (χ3v) is 6.83. The standard InChI is InChI=1S/C29H34N2O3.C5H8O2/c1-5-7-8-25-20(4)26-17-22(29(32)30-18-24-13-9-19(3)34-24)12-16-27(26)31-28(25)21-10-14-23(15-11-21)33-6-2;1-3-4-7-5(2)6/h9-17,25,28,31H,4-8,18H2,1-3H3,(H,30,32);3H,1,4H2,2H3. The van der Waals surface area contributed by atoms with Gasteiger partial charge in [-0.05, 0) is 73.9 Å². The molecule has 41 heavy (non-hydrogen) atoms. The maximum Gasteiger partial charge on any atom is 0.302 e. The van der Waals surface area contributed by atoms with Crippen molar-refractivity contribution >= 4 is 23.1 Å². The smallest absolute Gasteiger partial charge is 0.302 e. The number of unbranched alkanes of at least 4 members (excludes halogenated alkanes) is 1. The molecule has 0 fully saturated rings. The molecule has 7 nitrogen and oxygen atoms in total. The molecule has 0 radical (unpaired) electrons. The second kappa shape index (κ2) is 15.5. The number of benzene rings is 2. The summed E-state index contributed by atoms with van der Waals surface area (Å²) in [5.41, 5.74) is 4.95. The molecule has 2 atom stereocenters. The number of furan rings is 1. The van der Waals surface area contributed by atoms with Crippen LogP contribution in [0, 0.1) is 12.8 Å². The van der Waals surface area contributed by atoms with Crippen LogP contribution in [-0.4, -0.2) is 25.1 Å². The van der Waals surface area contributed by atoms with Gasteiger partial charge in [-0.2, -0.15) is 0 Å². The lowest BCUT2D eigenvalue weighted by Gasteiger charge is -2.37. The summed E-state index contributed by atoms with van der Waals surface area (Å²) in [6.45, 7) is 16.6. The zero-order chi connectivity index (χ0) is 29.8. The lowest BCUT2D eigenvalue weighted by molar-refractivity contribution is -0.139. The topological polar surface area (TPSA) is 89.8 Å². The largest absolute Gasteiger partial charge is 0.494 e. The number of esters is 1. The van der Waals surface area contributed by atoms with Crippen molar-refractivity contribution in [2.75, 3.05) is 18.5 Å². The minimum atomic E-state index is -0.264. The van der Waals surface area contributed by atoms with Gasteiger partial charge in [0.15, 0.2) is 0 Å². The number of carbonyl (C=O) groups is 2. The Morgan fingerprint density at radius 2 is 1.85 bits per heavy atom. The molecule has 1 aliphatic heterocycles. The Hall–Kier alpha value is -4.26. The second-order valence-electron chi connectivity index (χ2n) is 9.94. The predicted octanol–water partition coefficient (Wildman–Crippen LogP) is 7.64. The zero-order valence-corrected chi connectivity index (χ0v) is 24.6. The molecule has 7 heteroatoms. The number of carbonyl (C=O) groups excluding carboxylic acids is 2. The number of aryl methyl sites for hydroxylation is 1. The van der Waals surface area contributed by atoms with Gasteiger partial charge in [0.05, 0.1) is 19.2 Å². The Labute approximate surface area is 243 Å². The number of anilines is 1. The van der Waals surface area contributed by atoms with Crippen LogP contribution in [0.3, 0.4) is 0 Å². The third kappa shape index (κ3) is 8.87. The van der Waals surface area contributed by atoms with E-state index in [-0.39, 0.29) is 23.8 Å². The SMILES string of the molecule is C=C1c2cc(C(=O)NCc3ccc(C)o3)ccc2NC(c2ccc(OCC)cc2)C1CCCC.C=CCOC(C)=O. The summed E-state index contributed by atoms with van der Waals surface area (Å²) in [5, 5.41) is 6.68. The zero-order valence-electron chi connectivity index (χ0n) is 24.6. The molecular formula is C34H42N2O5. The molecule has 1 aromatic heterocycles. The summed E-state index contributed by atoms with van der Waals surface area (Å²) in [6.07, 6.45) is 4.81. The van der Waals surface area contributed by atoms with E-state index in [4.69, 9.17) is 9.15 Å². The van der Waals surface area contributed by atoms with Crippen molar-refractivity contribution in [1.82, 2.24) is 5.32 Å². The summed E-state index contributed by atoms with van der Waals surface area (Å²) < 4.78 is 15.6. The molecular weight excluding hydrogens is 516 g/mol. The molecule has 4 rings (SSSR count). The monoisotopic (exact) mass is 558 g/mol. The van der Waals surface area contributed by atoms with E-state index in [1.165, 1.54) is 18.6 Å². The third-order valence-electron chi connectivity index (χ3n) is 6.83. The van der Waals surface area contributed by atoms with E-state index >= 15 is 0 Å². The fourth-order valence-corrected chi connectivity index (χ4v) is 4.79.